The summed E-state index contributed by atoms with van der Waals surface area (Å²) in [6, 6.07) is 7.03. The van der Waals surface area contributed by atoms with Crippen LogP contribution in [0.2, 0.25) is 0 Å². The maximum Gasteiger partial charge on any atom is 0.338 e. The zero-order chi connectivity index (χ0) is 12.7. The number of rotatable bonds is 6. The second-order valence-corrected chi connectivity index (χ2v) is 4.18. The summed E-state index contributed by atoms with van der Waals surface area (Å²) in [5.74, 6) is 0.500. The first-order valence-electron chi connectivity index (χ1n) is 6.07. The summed E-state index contributed by atoms with van der Waals surface area (Å²) in [7, 11) is 0. The van der Waals surface area contributed by atoms with Gasteiger partial charge in [-0.1, -0.05) is 13.3 Å². The Morgan fingerprint density at radius 3 is 2.41 bits per heavy atom. The van der Waals surface area contributed by atoms with Crippen molar-refractivity contribution in [2.24, 2.45) is 0 Å². The molecule has 0 atom stereocenters. The fourth-order valence-electron chi connectivity index (χ4n) is 1.33. The van der Waals surface area contributed by atoms with Gasteiger partial charge in [0.15, 0.2) is 0 Å². The fourth-order valence-corrected chi connectivity index (χ4v) is 1.33. The molecule has 0 unspecified atom stereocenters. The standard InChI is InChI=1S/C14H20O3/c1-4-5-10-16-14(15)12-6-8-13(9-7-12)17-11(2)3/h6-9,11H,4-5,10H2,1-3H3. The second kappa shape index (κ2) is 6.94. The fraction of sp³-hybridized carbons (Fsp3) is 0.500. The molecule has 0 aliphatic carbocycles. The Bertz CT molecular complexity index is 341. The monoisotopic (exact) mass is 236 g/mol. The molecule has 0 radical (unpaired) electrons. The van der Waals surface area contributed by atoms with Crippen molar-refractivity contribution >= 4 is 5.97 Å². The van der Waals surface area contributed by atoms with Gasteiger partial charge in [-0.25, -0.2) is 4.79 Å². The number of benzene rings is 1. The molecule has 0 bridgehead atoms. The SMILES string of the molecule is CCCCOC(=O)c1ccc(OC(C)C)cc1. The molecule has 0 aliphatic rings. The third-order valence-corrected chi connectivity index (χ3v) is 2.19. The molecule has 3 nitrogen and oxygen atoms in total. The van der Waals surface area contributed by atoms with Crippen molar-refractivity contribution in [3.8, 4) is 5.75 Å². The normalized spacial score (nSPS) is 10.4. The molecule has 0 saturated heterocycles. The maximum absolute atomic E-state index is 11.6. The molecule has 0 fully saturated rings. The Balaban J connectivity index is 2.52. The third-order valence-electron chi connectivity index (χ3n) is 2.19. The molecule has 1 rings (SSSR count). The molecule has 0 aromatic heterocycles. The molecule has 17 heavy (non-hydrogen) atoms. The van der Waals surface area contributed by atoms with Crippen molar-refractivity contribution in [1.29, 1.82) is 0 Å². The first kappa shape index (κ1) is 13.6. The molecular formula is C14H20O3. The van der Waals surface area contributed by atoms with Gasteiger partial charge in [-0.15, -0.1) is 0 Å². The Kier molecular flexibility index (Phi) is 5.53. The van der Waals surface area contributed by atoms with Gasteiger partial charge in [0, 0.05) is 0 Å². The van der Waals surface area contributed by atoms with Crippen LogP contribution in [0.15, 0.2) is 24.3 Å². The third kappa shape index (κ3) is 4.89. The van der Waals surface area contributed by atoms with Gasteiger partial charge < -0.3 is 9.47 Å². The summed E-state index contributed by atoms with van der Waals surface area (Å²) in [6.07, 6.45) is 2.06. The van der Waals surface area contributed by atoms with Gasteiger partial charge in [-0.2, -0.15) is 0 Å². The predicted octanol–water partition coefficient (Wildman–Crippen LogP) is 3.43. The molecule has 3 heteroatoms. The lowest BCUT2D eigenvalue weighted by Crippen LogP contribution is -2.08. The van der Waals surface area contributed by atoms with E-state index < -0.39 is 0 Å². The van der Waals surface area contributed by atoms with Crippen LogP contribution in [0.25, 0.3) is 0 Å². The Labute approximate surface area is 103 Å². The highest BCUT2D eigenvalue weighted by Gasteiger charge is 2.07. The van der Waals surface area contributed by atoms with Crippen molar-refractivity contribution in [3.63, 3.8) is 0 Å². The van der Waals surface area contributed by atoms with Crippen molar-refractivity contribution in [2.75, 3.05) is 6.61 Å². The molecular weight excluding hydrogens is 216 g/mol. The second-order valence-electron chi connectivity index (χ2n) is 4.18. The molecule has 0 N–H and O–H groups in total. The number of ether oxygens (including phenoxy) is 2. The zero-order valence-electron chi connectivity index (χ0n) is 10.7. The number of carbonyl (C=O) groups excluding carboxylic acids is 1. The Morgan fingerprint density at radius 1 is 1.24 bits per heavy atom. The van der Waals surface area contributed by atoms with E-state index >= 15 is 0 Å². The average Bonchev–Trinajstić information content (AvgIpc) is 2.29. The van der Waals surface area contributed by atoms with Crippen LogP contribution in [0.3, 0.4) is 0 Å². The van der Waals surface area contributed by atoms with Crippen LogP contribution >= 0.6 is 0 Å². The Morgan fingerprint density at radius 2 is 1.88 bits per heavy atom. The maximum atomic E-state index is 11.6. The van der Waals surface area contributed by atoms with Crippen molar-refractivity contribution in [2.45, 2.75) is 39.7 Å². The highest BCUT2D eigenvalue weighted by atomic mass is 16.5. The highest BCUT2D eigenvalue weighted by molar-refractivity contribution is 5.89. The average molecular weight is 236 g/mol. The van der Waals surface area contributed by atoms with Crippen LogP contribution in [0.4, 0.5) is 0 Å². The largest absolute Gasteiger partial charge is 0.491 e. The number of carbonyl (C=O) groups is 1. The van der Waals surface area contributed by atoms with Crippen LogP contribution in [-0.4, -0.2) is 18.7 Å². The topological polar surface area (TPSA) is 35.5 Å². The number of esters is 1. The van der Waals surface area contributed by atoms with Crippen molar-refractivity contribution < 1.29 is 14.3 Å². The zero-order valence-corrected chi connectivity index (χ0v) is 10.7. The van der Waals surface area contributed by atoms with E-state index in [-0.39, 0.29) is 12.1 Å². The Hall–Kier alpha value is -1.51. The van der Waals surface area contributed by atoms with E-state index in [0.29, 0.717) is 12.2 Å². The van der Waals surface area contributed by atoms with E-state index in [2.05, 4.69) is 6.92 Å². The summed E-state index contributed by atoms with van der Waals surface area (Å²) in [4.78, 5) is 11.6. The molecule has 0 spiro atoms. The van der Waals surface area contributed by atoms with E-state index in [1.165, 1.54) is 0 Å². The van der Waals surface area contributed by atoms with Gasteiger partial charge in [-0.3, -0.25) is 0 Å². The summed E-state index contributed by atoms with van der Waals surface area (Å²) in [6.45, 7) is 6.48. The smallest absolute Gasteiger partial charge is 0.338 e. The van der Waals surface area contributed by atoms with E-state index in [0.717, 1.165) is 18.6 Å². The van der Waals surface area contributed by atoms with E-state index in [1.807, 2.05) is 13.8 Å². The van der Waals surface area contributed by atoms with E-state index in [1.54, 1.807) is 24.3 Å². The van der Waals surface area contributed by atoms with Gasteiger partial charge in [0.05, 0.1) is 18.3 Å². The van der Waals surface area contributed by atoms with Gasteiger partial charge in [0.1, 0.15) is 5.75 Å². The molecule has 1 aromatic carbocycles. The van der Waals surface area contributed by atoms with Gasteiger partial charge in [-0.05, 0) is 44.5 Å². The van der Waals surface area contributed by atoms with Crippen LogP contribution in [0.1, 0.15) is 44.0 Å². The lowest BCUT2D eigenvalue weighted by Gasteiger charge is -2.09. The predicted molar refractivity (Wildman–Crippen MR) is 67.4 cm³/mol. The summed E-state index contributed by atoms with van der Waals surface area (Å²) >= 11 is 0. The quantitative estimate of drug-likeness (QED) is 0.560. The van der Waals surface area contributed by atoms with E-state index in [4.69, 9.17) is 9.47 Å². The molecule has 0 heterocycles. The molecule has 0 aliphatic heterocycles. The molecule has 1 aromatic rings. The van der Waals surface area contributed by atoms with E-state index in [9.17, 15) is 4.79 Å². The van der Waals surface area contributed by atoms with Crippen LogP contribution in [0, 0.1) is 0 Å². The van der Waals surface area contributed by atoms with Gasteiger partial charge >= 0.3 is 5.97 Å². The minimum atomic E-state index is -0.269. The van der Waals surface area contributed by atoms with Gasteiger partial charge in [0.25, 0.3) is 0 Å². The number of unbranched alkanes of at least 4 members (excludes halogenated alkanes) is 1. The lowest BCUT2D eigenvalue weighted by atomic mass is 10.2. The number of hydrogen-bond donors (Lipinski definition) is 0. The summed E-state index contributed by atoms with van der Waals surface area (Å²) in [5, 5.41) is 0. The molecule has 0 amide bonds. The lowest BCUT2D eigenvalue weighted by molar-refractivity contribution is 0.0499. The number of hydrogen-bond acceptors (Lipinski definition) is 3. The summed E-state index contributed by atoms with van der Waals surface area (Å²) in [5.41, 5.74) is 0.567. The first-order chi connectivity index (χ1) is 8.13. The van der Waals surface area contributed by atoms with Crippen LogP contribution < -0.4 is 4.74 Å². The van der Waals surface area contributed by atoms with Crippen molar-refractivity contribution in [1.82, 2.24) is 0 Å². The van der Waals surface area contributed by atoms with Crippen LogP contribution in [-0.2, 0) is 4.74 Å². The highest BCUT2D eigenvalue weighted by Crippen LogP contribution is 2.14. The first-order valence-corrected chi connectivity index (χ1v) is 6.07. The van der Waals surface area contributed by atoms with Gasteiger partial charge in [0.2, 0.25) is 0 Å². The minimum Gasteiger partial charge on any atom is -0.491 e. The molecule has 0 saturated carbocycles. The minimum absolute atomic E-state index is 0.136. The van der Waals surface area contributed by atoms with Crippen molar-refractivity contribution in [3.05, 3.63) is 29.8 Å². The summed E-state index contributed by atoms with van der Waals surface area (Å²) < 4.78 is 10.6. The molecule has 94 valence electrons. The van der Waals surface area contributed by atoms with Crippen LogP contribution in [0.5, 0.6) is 5.75 Å².